The smallest absolute Gasteiger partial charge is 0.227 e. The molecule has 2 aromatic carbocycles. The van der Waals surface area contributed by atoms with E-state index in [9.17, 15) is 9.59 Å². The number of carbonyl (C=O) groups excluding carboxylic acids is 2. The fourth-order valence-corrected chi connectivity index (χ4v) is 5.43. The first-order chi connectivity index (χ1) is 16.3. The zero-order valence-corrected chi connectivity index (χ0v) is 20.7. The Balaban J connectivity index is 1.58. The first-order valence-corrected chi connectivity index (χ1v) is 12.2. The maximum Gasteiger partial charge on any atom is 0.227 e. The molecule has 34 heavy (non-hydrogen) atoms. The van der Waals surface area contributed by atoms with Gasteiger partial charge < -0.3 is 19.1 Å². The fourth-order valence-electron chi connectivity index (χ4n) is 4.79. The lowest BCUT2D eigenvalue weighted by molar-refractivity contribution is -0.136. The van der Waals surface area contributed by atoms with Crippen LogP contribution >= 0.6 is 23.2 Å². The van der Waals surface area contributed by atoms with Crippen LogP contribution in [-0.4, -0.2) is 58.6 Å². The molecule has 9 heteroatoms. The van der Waals surface area contributed by atoms with Crippen molar-refractivity contribution >= 4 is 51.7 Å². The van der Waals surface area contributed by atoms with Crippen molar-refractivity contribution in [2.24, 2.45) is 0 Å². The van der Waals surface area contributed by atoms with Crippen molar-refractivity contribution in [2.45, 2.75) is 39.3 Å². The zero-order valence-electron chi connectivity index (χ0n) is 19.2. The molecule has 0 unspecified atom stereocenters. The summed E-state index contributed by atoms with van der Waals surface area (Å²) in [5.74, 6) is 0.753. The van der Waals surface area contributed by atoms with Crippen LogP contribution in [0, 0.1) is 6.92 Å². The molecule has 2 aliphatic heterocycles. The number of aromatic nitrogens is 2. The van der Waals surface area contributed by atoms with Crippen LogP contribution < -0.4 is 4.90 Å². The van der Waals surface area contributed by atoms with Crippen LogP contribution in [0.3, 0.4) is 0 Å². The van der Waals surface area contributed by atoms with E-state index in [1.807, 2.05) is 25.1 Å². The summed E-state index contributed by atoms with van der Waals surface area (Å²) in [6.45, 7) is 6.36. The van der Waals surface area contributed by atoms with Crippen molar-refractivity contribution in [1.29, 1.82) is 0 Å². The Morgan fingerprint density at radius 1 is 1.18 bits per heavy atom. The molecule has 1 atom stereocenters. The highest BCUT2D eigenvalue weighted by Crippen LogP contribution is 2.40. The summed E-state index contributed by atoms with van der Waals surface area (Å²) in [5, 5.41) is 0.871. The lowest BCUT2D eigenvalue weighted by atomic mass is 10.1. The molecule has 0 radical (unpaired) electrons. The number of aryl methyl sites for hydroxylation is 1. The molecule has 178 valence electrons. The molecule has 1 aromatic heterocycles. The minimum absolute atomic E-state index is 0.0396. The molecule has 3 heterocycles. The molecular weight excluding hydrogens is 475 g/mol. The van der Waals surface area contributed by atoms with Crippen LogP contribution in [0.2, 0.25) is 10.0 Å². The maximum absolute atomic E-state index is 12.2. The second-order valence-electron chi connectivity index (χ2n) is 8.93. The van der Waals surface area contributed by atoms with E-state index < -0.39 is 0 Å². The molecular formula is C25H26Cl2N4O3. The van der Waals surface area contributed by atoms with Crippen molar-refractivity contribution in [3.8, 4) is 11.4 Å². The fraction of sp³-hybridized carbons (Fsp3) is 0.400. The second kappa shape index (κ2) is 9.21. The van der Waals surface area contributed by atoms with Gasteiger partial charge in [0.25, 0.3) is 0 Å². The number of imidazole rings is 1. The van der Waals surface area contributed by atoms with Crippen LogP contribution in [0.15, 0.2) is 30.3 Å². The standard InChI is InChI=1S/C25H26Cl2N4O3/c1-15-5-6-22-21(10-15)28-25(31(22)14-18-13-29(16(2)32)8-9-34-18)24-19(26)11-17(12-20(24)27)30-7-3-4-23(30)33/h5-6,10-12,18H,3-4,7-9,13-14H2,1-2H3/t18-/m1/s1. The SMILES string of the molecule is CC(=O)N1CCO[C@@H](Cn2c(-c3c(Cl)cc(N4CCCC4=O)cc3Cl)nc3cc(C)ccc32)C1. The molecule has 3 aromatic rings. The number of hydrogen-bond donors (Lipinski definition) is 0. The van der Waals surface area contributed by atoms with E-state index in [0.29, 0.717) is 66.3 Å². The number of morpholine rings is 1. The summed E-state index contributed by atoms with van der Waals surface area (Å²) >= 11 is 13.5. The van der Waals surface area contributed by atoms with Crippen molar-refractivity contribution in [3.63, 3.8) is 0 Å². The van der Waals surface area contributed by atoms with E-state index >= 15 is 0 Å². The Morgan fingerprint density at radius 2 is 1.94 bits per heavy atom. The van der Waals surface area contributed by atoms with E-state index in [4.69, 9.17) is 32.9 Å². The normalized spacial score (nSPS) is 18.8. The number of anilines is 1. The number of fused-ring (bicyclic) bond motifs is 1. The van der Waals surface area contributed by atoms with Crippen molar-refractivity contribution in [3.05, 3.63) is 45.9 Å². The van der Waals surface area contributed by atoms with Gasteiger partial charge in [0.2, 0.25) is 11.8 Å². The Kier molecular flexibility index (Phi) is 6.27. The van der Waals surface area contributed by atoms with E-state index in [2.05, 4.69) is 4.57 Å². The number of benzene rings is 2. The van der Waals surface area contributed by atoms with Crippen LogP contribution in [0.5, 0.6) is 0 Å². The topological polar surface area (TPSA) is 67.7 Å². The third kappa shape index (κ3) is 4.28. The average Bonchev–Trinajstić information content (AvgIpc) is 3.37. The molecule has 0 N–H and O–H groups in total. The predicted molar refractivity (Wildman–Crippen MR) is 134 cm³/mol. The van der Waals surface area contributed by atoms with Gasteiger partial charge >= 0.3 is 0 Å². The summed E-state index contributed by atoms with van der Waals surface area (Å²) in [6, 6.07) is 9.67. The zero-order chi connectivity index (χ0) is 24.0. The Hall–Kier alpha value is -2.61. The molecule has 0 aliphatic carbocycles. The third-order valence-corrected chi connectivity index (χ3v) is 7.11. The molecule has 2 saturated heterocycles. The van der Waals surface area contributed by atoms with Crippen LogP contribution in [0.4, 0.5) is 5.69 Å². The lowest BCUT2D eigenvalue weighted by Crippen LogP contribution is -2.46. The molecule has 2 fully saturated rings. The molecule has 7 nitrogen and oxygen atoms in total. The van der Waals surface area contributed by atoms with Crippen LogP contribution in [0.25, 0.3) is 22.4 Å². The Labute approximate surface area is 208 Å². The van der Waals surface area contributed by atoms with Crippen LogP contribution in [-0.2, 0) is 20.9 Å². The van der Waals surface area contributed by atoms with Gasteiger partial charge in [-0.25, -0.2) is 4.98 Å². The van der Waals surface area contributed by atoms with Crippen molar-refractivity contribution in [2.75, 3.05) is 31.1 Å². The third-order valence-electron chi connectivity index (χ3n) is 6.51. The predicted octanol–water partition coefficient (Wildman–Crippen LogP) is 4.69. The number of hydrogen-bond acceptors (Lipinski definition) is 4. The first kappa shape index (κ1) is 23.1. The molecule has 0 saturated carbocycles. The minimum atomic E-state index is -0.186. The monoisotopic (exact) mass is 500 g/mol. The number of amides is 2. The molecule has 2 amide bonds. The van der Waals surface area contributed by atoms with Crippen LogP contribution in [0.1, 0.15) is 25.3 Å². The largest absolute Gasteiger partial charge is 0.373 e. The highest BCUT2D eigenvalue weighted by atomic mass is 35.5. The Bertz CT molecular complexity index is 1270. The number of nitrogens with zero attached hydrogens (tertiary/aromatic N) is 4. The lowest BCUT2D eigenvalue weighted by Gasteiger charge is -2.33. The molecule has 0 spiro atoms. The van der Waals surface area contributed by atoms with E-state index in [-0.39, 0.29) is 17.9 Å². The van der Waals surface area contributed by atoms with Gasteiger partial charge in [-0.05, 0) is 43.2 Å². The van der Waals surface area contributed by atoms with Gasteiger partial charge in [-0.15, -0.1) is 0 Å². The average molecular weight is 501 g/mol. The van der Waals surface area contributed by atoms with Gasteiger partial charge in [0.1, 0.15) is 5.82 Å². The summed E-state index contributed by atoms with van der Waals surface area (Å²) in [7, 11) is 0. The van der Waals surface area contributed by atoms with E-state index in [0.717, 1.165) is 23.0 Å². The number of carbonyl (C=O) groups is 2. The first-order valence-electron chi connectivity index (χ1n) is 11.5. The second-order valence-corrected chi connectivity index (χ2v) is 9.74. The molecule has 2 aliphatic rings. The number of ether oxygens (including phenoxy) is 1. The van der Waals surface area contributed by atoms with E-state index in [1.165, 1.54) is 0 Å². The van der Waals surface area contributed by atoms with E-state index in [1.54, 1.807) is 28.9 Å². The summed E-state index contributed by atoms with van der Waals surface area (Å²) in [5.41, 5.74) is 4.19. The maximum atomic E-state index is 12.2. The van der Waals surface area contributed by atoms with Crippen molar-refractivity contribution < 1.29 is 14.3 Å². The Morgan fingerprint density at radius 3 is 2.62 bits per heavy atom. The number of halogens is 2. The molecule has 5 rings (SSSR count). The van der Waals surface area contributed by atoms with Crippen molar-refractivity contribution in [1.82, 2.24) is 14.5 Å². The summed E-state index contributed by atoms with van der Waals surface area (Å²) in [4.78, 5) is 32.6. The van der Waals surface area contributed by atoms with Gasteiger partial charge in [-0.1, -0.05) is 29.3 Å². The summed E-state index contributed by atoms with van der Waals surface area (Å²) in [6.07, 6.45) is 1.17. The van der Waals surface area contributed by atoms with Gasteiger partial charge in [-0.2, -0.15) is 0 Å². The minimum Gasteiger partial charge on any atom is -0.373 e. The summed E-state index contributed by atoms with van der Waals surface area (Å²) < 4.78 is 8.07. The van der Waals surface area contributed by atoms with Gasteiger partial charge in [-0.3, -0.25) is 9.59 Å². The van der Waals surface area contributed by atoms with Gasteiger partial charge in [0.05, 0.1) is 45.9 Å². The van der Waals surface area contributed by atoms with Gasteiger partial charge in [0.15, 0.2) is 0 Å². The highest BCUT2D eigenvalue weighted by Gasteiger charge is 2.28. The highest BCUT2D eigenvalue weighted by molar-refractivity contribution is 6.39. The molecule has 0 bridgehead atoms. The number of rotatable bonds is 4. The quantitative estimate of drug-likeness (QED) is 0.520. The van der Waals surface area contributed by atoms with Gasteiger partial charge in [0, 0.05) is 38.7 Å².